The number of aromatic nitrogens is 2. The van der Waals surface area contributed by atoms with Crippen LogP contribution in [0.3, 0.4) is 0 Å². The number of hydrogen-bond acceptors (Lipinski definition) is 3. The first kappa shape index (κ1) is 13.2. The summed E-state index contributed by atoms with van der Waals surface area (Å²) >= 11 is 0. The quantitative estimate of drug-likeness (QED) is 0.905. The summed E-state index contributed by atoms with van der Waals surface area (Å²) in [7, 11) is 1.97. The van der Waals surface area contributed by atoms with E-state index in [0.717, 1.165) is 31.7 Å². The lowest BCUT2D eigenvalue weighted by molar-refractivity contribution is 0.227. The molecule has 2 aromatic rings. The summed E-state index contributed by atoms with van der Waals surface area (Å²) in [5, 5.41) is 7.95. The van der Waals surface area contributed by atoms with E-state index < -0.39 is 0 Å². The van der Waals surface area contributed by atoms with Gasteiger partial charge in [-0.15, -0.1) is 0 Å². The van der Waals surface area contributed by atoms with E-state index in [1.165, 1.54) is 16.8 Å². The molecule has 1 aromatic carbocycles. The van der Waals surface area contributed by atoms with Gasteiger partial charge >= 0.3 is 0 Å². The zero-order valence-electron chi connectivity index (χ0n) is 12.1. The molecule has 0 saturated heterocycles. The fraction of sp³-hybridized carbons (Fsp3) is 0.438. The molecule has 1 atom stereocenters. The molecule has 0 bridgehead atoms. The van der Waals surface area contributed by atoms with Gasteiger partial charge in [0.05, 0.1) is 5.69 Å². The number of rotatable bonds is 5. The van der Waals surface area contributed by atoms with Crippen LogP contribution in [0, 0.1) is 0 Å². The van der Waals surface area contributed by atoms with Gasteiger partial charge in [-0.2, -0.15) is 5.10 Å². The molecule has 1 aromatic heterocycles. The first-order chi connectivity index (χ1) is 9.76. The van der Waals surface area contributed by atoms with Crippen LogP contribution in [0.2, 0.25) is 0 Å². The van der Waals surface area contributed by atoms with E-state index in [1.807, 2.05) is 23.9 Å². The van der Waals surface area contributed by atoms with Gasteiger partial charge in [-0.1, -0.05) is 25.1 Å². The van der Waals surface area contributed by atoms with E-state index >= 15 is 0 Å². The first-order valence-electron chi connectivity index (χ1n) is 7.23. The molecule has 4 nitrogen and oxygen atoms in total. The van der Waals surface area contributed by atoms with Crippen LogP contribution in [-0.2, 0) is 26.4 Å². The van der Waals surface area contributed by atoms with Gasteiger partial charge in [0.1, 0.15) is 11.9 Å². The average Bonchev–Trinajstić information content (AvgIpc) is 3.01. The normalized spacial score (nSPS) is 17.0. The Balaban J connectivity index is 1.52. The number of nitrogens with zero attached hydrogens (tertiary/aromatic N) is 2. The van der Waals surface area contributed by atoms with Crippen LogP contribution in [-0.4, -0.2) is 22.4 Å². The van der Waals surface area contributed by atoms with Gasteiger partial charge in [0.2, 0.25) is 0 Å². The molecule has 0 aliphatic carbocycles. The molecule has 0 radical (unpaired) electrons. The molecule has 106 valence electrons. The SMILES string of the molecule is CCc1nn(C)cc1CNCC1Cc2ccccc2O1. The zero-order chi connectivity index (χ0) is 13.9. The third kappa shape index (κ3) is 2.70. The number of ether oxygens (including phenoxy) is 1. The predicted molar refractivity (Wildman–Crippen MR) is 78.9 cm³/mol. The topological polar surface area (TPSA) is 39.1 Å². The summed E-state index contributed by atoms with van der Waals surface area (Å²) in [6, 6.07) is 8.29. The van der Waals surface area contributed by atoms with Gasteiger partial charge < -0.3 is 10.1 Å². The number of para-hydroxylation sites is 1. The fourth-order valence-electron chi connectivity index (χ4n) is 2.76. The summed E-state index contributed by atoms with van der Waals surface area (Å²) < 4.78 is 7.81. The number of aryl methyl sites for hydroxylation is 2. The second-order valence-corrected chi connectivity index (χ2v) is 5.31. The largest absolute Gasteiger partial charge is 0.488 e. The lowest BCUT2D eigenvalue weighted by atomic mass is 10.1. The fourth-order valence-corrected chi connectivity index (χ4v) is 2.76. The monoisotopic (exact) mass is 271 g/mol. The van der Waals surface area contributed by atoms with Crippen molar-refractivity contribution in [1.82, 2.24) is 15.1 Å². The Morgan fingerprint density at radius 2 is 2.25 bits per heavy atom. The lowest BCUT2D eigenvalue weighted by Gasteiger charge is -2.11. The van der Waals surface area contributed by atoms with Crippen molar-refractivity contribution >= 4 is 0 Å². The molecule has 2 heterocycles. The van der Waals surface area contributed by atoms with Crippen molar-refractivity contribution in [2.45, 2.75) is 32.4 Å². The molecule has 0 fully saturated rings. The van der Waals surface area contributed by atoms with Gasteiger partial charge in [0, 0.05) is 38.3 Å². The summed E-state index contributed by atoms with van der Waals surface area (Å²) in [5.41, 5.74) is 3.77. The summed E-state index contributed by atoms with van der Waals surface area (Å²) in [6.45, 7) is 3.86. The van der Waals surface area contributed by atoms with E-state index in [-0.39, 0.29) is 6.10 Å². The van der Waals surface area contributed by atoms with E-state index in [9.17, 15) is 0 Å². The molecule has 1 aliphatic rings. The molecule has 3 rings (SSSR count). The van der Waals surface area contributed by atoms with Gasteiger partial charge in [-0.25, -0.2) is 0 Å². The second kappa shape index (κ2) is 5.67. The smallest absolute Gasteiger partial charge is 0.123 e. The minimum absolute atomic E-state index is 0.245. The molecule has 0 spiro atoms. The van der Waals surface area contributed by atoms with Crippen LogP contribution in [0.1, 0.15) is 23.7 Å². The molecule has 4 heteroatoms. The Kier molecular flexibility index (Phi) is 3.74. The standard InChI is InChI=1S/C16H21N3O/c1-3-15-13(11-19(2)18-15)9-17-10-14-8-12-6-4-5-7-16(12)20-14/h4-7,11,14,17H,3,8-10H2,1-2H3. The minimum atomic E-state index is 0.245. The highest BCUT2D eigenvalue weighted by Gasteiger charge is 2.21. The highest BCUT2D eigenvalue weighted by molar-refractivity contribution is 5.37. The van der Waals surface area contributed by atoms with Gasteiger partial charge in [0.15, 0.2) is 0 Å². The first-order valence-corrected chi connectivity index (χ1v) is 7.23. The van der Waals surface area contributed by atoms with Gasteiger partial charge in [-0.05, 0) is 18.1 Å². The highest BCUT2D eigenvalue weighted by Crippen LogP contribution is 2.27. The third-order valence-electron chi connectivity index (χ3n) is 3.73. The van der Waals surface area contributed by atoms with Gasteiger partial charge in [0.25, 0.3) is 0 Å². The maximum Gasteiger partial charge on any atom is 0.123 e. The highest BCUT2D eigenvalue weighted by atomic mass is 16.5. The molecular weight excluding hydrogens is 250 g/mol. The number of hydrogen-bond donors (Lipinski definition) is 1. The van der Waals surface area contributed by atoms with Crippen LogP contribution in [0.4, 0.5) is 0 Å². The molecule has 0 amide bonds. The Hall–Kier alpha value is -1.81. The summed E-state index contributed by atoms with van der Waals surface area (Å²) in [5.74, 6) is 1.04. The second-order valence-electron chi connectivity index (χ2n) is 5.31. The van der Waals surface area contributed by atoms with Crippen molar-refractivity contribution in [1.29, 1.82) is 0 Å². The molecular formula is C16H21N3O. The Labute approximate surface area is 119 Å². The number of benzene rings is 1. The predicted octanol–water partition coefficient (Wildman–Crippen LogP) is 2.08. The zero-order valence-corrected chi connectivity index (χ0v) is 12.1. The van der Waals surface area contributed by atoms with Crippen molar-refractivity contribution in [2.24, 2.45) is 7.05 Å². The third-order valence-corrected chi connectivity index (χ3v) is 3.73. The van der Waals surface area contributed by atoms with Crippen molar-refractivity contribution in [2.75, 3.05) is 6.54 Å². The molecule has 20 heavy (non-hydrogen) atoms. The molecule has 1 aliphatic heterocycles. The van der Waals surface area contributed by atoms with Crippen LogP contribution < -0.4 is 10.1 Å². The maximum absolute atomic E-state index is 5.92. The molecule has 0 saturated carbocycles. The van der Waals surface area contributed by atoms with E-state index in [1.54, 1.807) is 0 Å². The average molecular weight is 271 g/mol. The number of fused-ring (bicyclic) bond motifs is 1. The minimum Gasteiger partial charge on any atom is -0.488 e. The number of nitrogens with one attached hydrogen (secondary N) is 1. The Morgan fingerprint density at radius 3 is 3.05 bits per heavy atom. The van der Waals surface area contributed by atoms with Crippen molar-refractivity contribution in [3.05, 3.63) is 47.3 Å². The van der Waals surface area contributed by atoms with Gasteiger partial charge in [-0.3, -0.25) is 4.68 Å². The van der Waals surface area contributed by atoms with E-state index in [4.69, 9.17) is 4.74 Å². The molecule has 1 N–H and O–H groups in total. The van der Waals surface area contributed by atoms with Crippen LogP contribution >= 0.6 is 0 Å². The Bertz CT molecular complexity index is 566. The van der Waals surface area contributed by atoms with Crippen LogP contribution in [0.15, 0.2) is 30.5 Å². The van der Waals surface area contributed by atoms with E-state index in [2.05, 4.69) is 35.7 Å². The maximum atomic E-state index is 5.92. The van der Waals surface area contributed by atoms with E-state index in [0.29, 0.717) is 0 Å². The van der Waals surface area contributed by atoms with Crippen LogP contribution in [0.25, 0.3) is 0 Å². The molecule has 1 unspecified atom stereocenters. The van der Waals surface area contributed by atoms with Crippen molar-refractivity contribution in [3.63, 3.8) is 0 Å². The van der Waals surface area contributed by atoms with Crippen molar-refractivity contribution < 1.29 is 4.74 Å². The van der Waals surface area contributed by atoms with Crippen molar-refractivity contribution in [3.8, 4) is 5.75 Å². The summed E-state index contributed by atoms with van der Waals surface area (Å²) in [4.78, 5) is 0. The summed E-state index contributed by atoms with van der Waals surface area (Å²) in [6.07, 6.45) is 4.31. The Morgan fingerprint density at radius 1 is 1.40 bits per heavy atom. The lowest BCUT2D eigenvalue weighted by Crippen LogP contribution is -2.29. The van der Waals surface area contributed by atoms with Crippen LogP contribution in [0.5, 0.6) is 5.75 Å².